The lowest BCUT2D eigenvalue weighted by Crippen LogP contribution is -2.47. The molecule has 0 aromatic rings. The molecule has 0 aliphatic carbocycles. The maximum absolute atomic E-state index is 11.2. The minimum atomic E-state index is -0.210. The number of hydrazine groups is 1. The largest absolute Gasteiger partial charge is 0.450 e. The Balaban J connectivity index is 2.28. The van der Waals surface area contributed by atoms with Crippen LogP contribution in [0.1, 0.15) is 19.8 Å². The zero-order valence-corrected chi connectivity index (χ0v) is 7.95. The second-order valence-electron chi connectivity index (χ2n) is 3.13. The third kappa shape index (κ3) is 2.86. The predicted octanol–water partition coefficient (Wildman–Crippen LogP) is 0.0706. The van der Waals surface area contributed by atoms with Crippen molar-refractivity contribution in [3.05, 3.63) is 0 Å². The standard InChI is InChI=1S/C8H17N3O2/c1-2-13-8(12)11-5-3-7(10-9)4-6-11/h7,10H,2-6,9H2,1H3. The molecule has 1 amide bonds. The van der Waals surface area contributed by atoms with E-state index in [2.05, 4.69) is 5.43 Å². The first-order valence-electron chi connectivity index (χ1n) is 4.65. The minimum Gasteiger partial charge on any atom is -0.450 e. The normalized spacial score (nSPS) is 18.8. The molecule has 1 fully saturated rings. The number of amides is 1. The van der Waals surface area contributed by atoms with E-state index in [9.17, 15) is 4.79 Å². The van der Waals surface area contributed by atoms with Crippen LogP contribution in [0.15, 0.2) is 0 Å². The highest BCUT2D eigenvalue weighted by molar-refractivity contribution is 5.67. The van der Waals surface area contributed by atoms with Crippen LogP contribution in [0, 0.1) is 0 Å². The molecule has 0 saturated carbocycles. The highest BCUT2D eigenvalue weighted by Gasteiger charge is 2.22. The van der Waals surface area contributed by atoms with Crippen molar-refractivity contribution in [3.63, 3.8) is 0 Å². The Morgan fingerprint density at radius 2 is 2.23 bits per heavy atom. The van der Waals surface area contributed by atoms with Crippen LogP contribution in [0.4, 0.5) is 4.79 Å². The Morgan fingerprint density at radius 3 is 2.69 bits per heavy atom. The smallest absolute Gasteiger partial charge is 0.409 e. The molecule has 0 bridgehead atoms. The molecule has 0 spiro atoms. The molecule has 76 valence electrons. The molecule has 1 saturated heterocycles. The monoisotopic (exact) mass is 187 g/mol. The summed E-state index contributed by atoms with van der Waals surface area (Å²) in [6, 6.07) is 0.339. The summed E-state index contributed by atoms with van der Waals surface area (Å²) in [6.45, 7) is 3.71. The molecule has 5 nitrogen and oxygen atoms in total. The Kier molecular flexibility index (Phi) is 3.98. The molecule has 1 aliphatic heterocycles. The van der Waals surface area contributed by atoms with E-state index < -0.39 is 0 Å². The summed E-state index contributed by atoms with van der Waals surface area (Å²) in [5.41, 5.74) is 2.72. The summed E-state index contributed by atoms with van der Waals surface area (Å²) in [6.07, 6.45) is 1.59. The number of carbonyl (C=O) groups excluding carboxylic acids is 1. The average molecular weight is 187 g/mol. The van der Waals surface area contributed by atoms with E-state index in [1.54, 1.807) is 4.90 Å². The average Bonchev–Trinajstić information content (AvgIpc) is 2.18. The van der Waals surface area contributed by atoms with Crippen LogP contribution < -0.4 is 11.3 Å². The molecule has 0 radical (unpaired) electrons. The third-order valence-corrected chi connectivity index (χ3v) is 2.26. The van der Waals surface area contributed by atoms with Gasteiger partial charge in [0.25, 0.3) is 0 Å². The van der Waals surface area contributed by atoms with Crippen LogP contribution in [-0.2, 0) is 4.74 Å². The SMILES string of the molecule is CCOC(=O)N1CCC(NN)CC1. The van der Waals surface area contributed by atoms with Crippen molar-refractivity contribution in [1.82, 2.24) is 10.3 Å². The van der Waals surface area contributed by atoms with Gasteiger partial charge >= 0.3 is 6.09 Å². The van der Waals surface area contributed by atoms with Crippen molar-refractivity contribution in [3.8, 4) is 0 Å². The number of rotatable bonds is 2. The lowest BCUT2D eigenvalue weighted by Gasteiger charge is -2.30. The number of carbonyl (C=O) groups is 1. The molecule has 1 heterocycles. The van der Waals surface area contributed by atoms with Gasteiger partial charge in [0, 0.05) is 19.1 Å². The fourth-order valence-corrected chi connectivity index (χ4v) is 1.44. The van der Waals surface area contributed by atoms with Gasteiger partial charge in [-0.15, -0.1) is 0 Å². The maximum Gasteiger partial charge on any atom is 0.409 e. The van der Waals surface area contributed by atoms with E-state index in [-0.39, 0.29) is 6.09 Å². The van der Waals surface area contributed by atoms with Crippen LogP contribution in [0.25, 0.3) is 0 Å². The van der Waals surface area contributed by atoms with E-state index in [1.165, 1.54) is 0 Å². The van der Waals surface area contributed by atoms with Gasteiger partial charge in [-0.3, -0.25) is 11.3 Å². The second kappa shape index (κ2) is 5.04. The van der Waals surface area contributed by atoms with Gasteiger partial charge < -0.3 is 9.64 Å². The van der Waals surface area contributed by atoms with Crippen LogP contribution in [-0.4, -0.2) is 36.7 Å². The molecule has 0 aromatic carbocycles. The fraction of sp³-hybridized carbons (Fsp3) is 0.875. The van der Waals surface area contributed by atoms with Gasteiger partial charge in [-0.05, 0) is 19.8 Å². The fourth-order valence-electron chi connectivity index (χ4n) is 1.44. The van der Waals surface area contributed by atoms with Crippen molar-refractivity contribution >= 4 is 6.09 Å². The third-order valence-electron chi connectivity index (χ3n) is 2.26. The molecule has 0 atom stereocenters. The zero-order chi connectivity index (χ0) is 9.68. The molecule has 0 unspecified atom stereocenters. The summed E-state index contributed by atoms with van der Waals surface area (Å²) < 4.78 is 4.89. The number of nitrogens with zero attached hydrogens (tertiary/aromatic N) is 1. The topological polar surface area (TPSA) is 67.6 Å². The van der Waals surface area contributed by atoms with Gasteiger partial charge in [0.15, 0.2) is 0 Å². The molecular formula is C8H17N3O2. The number of ether oxygens (including phenoxy) is 1. The Labute approximate surface area is 78.2 Å². The van der Waals surface area contributed by atoms with Gasteiger partial charge in [0.1, 0.15) is 0 Å². The van der Waals surface area contributed by atoms with E-state index >= 15 is 0 Å². The van der Waals surface area contributed by atoms with Crippen LogP contribution >= 0.6 is 0 Å². The van der Waals surface area contributed by atoms with E-state index in [4.69, 9.17) is 10.6 Å². The number of hydrogen-bond donors (Lipinski definition) is 2. The summed E-state index contributed by atoms with van der Waals surface area (Å²) in [4.78, 5) is 13.0. The Hall–Kier alpha value is -0.810. The number of likely N-dealkylation sites (tertiary alicyclic amines) is 1. The first-order valence-corrected chi connectivity index (χ1v) is 4.65. The van der Waals surface area contributed by atoms with E-state index in [0.717, 1.165) is 25.9 Å². The minimum absolute atomic E-state index is 0.210. The van der Waals surface area contributed by atoms with Crippen molar-refractivity contribution in [1.29, 1.82) is 0 Å². The lowest BCUT2D eigenvalue weighted by molar-refractivity contribution is 0.0951. The van der Waals surface area contributed by atoms with Crippen molar-refractivity contribution in [2.24, 2.45) is 5.84 Å². The Morgan fingerprint density at radius 1 is 1.62 bits per heavy atom. The molecule has 0 aromatic heterocycles. The maximum atomic E-state index is 11.2. The van der Waals surface area contributed by atoms with Crippen LogP contribution in [0.5, 0.6) is 0 Å². The summed E-state index contributed by atoms with van der Waals surface area (Å²) in [7, 11) is 0. The van der Waals surface area contributed by atoms with Gasteiger partial charge in [0.2, 0.25) is 0 Å². The molecular weight excluding hydrogens is 170 g/mol. The Bertz CT molecular complexity index is 167. The number of piperidine rings is 1. The van der Waals surface area contributed by atoms with Crippen molar-refractivity contribution < 1.29 is 9.53 Å². The number of nitrogens with two attached hydrogens (primary N) is 1. The highest BCUT2D eigenvalue weighted by atomic mass is 16.6. The second-order valence-corrected chi connectivity index (χ2v) is 3.13. The molecule has 1 aliphatic rings. The number of nitrogens with one attached hydrogen (secondary N) is 1. The summed E-state index contributed by atoms with van der Waals surface area (Å²) in [5, 5.41) is 0. The van der Waals surface area contributed by atoms with E-state index in [1.807, 2.05) is 6.92 Å². The zero-order valence-electron chi connectivity index (χ0n) is 7.95. The first-order chi connectivity index (χ1) is 6.27. The molecule has 5 heteroatoms. The summed E-state index contributed by atoms with van der Waals surface area (Å²) in [5.74, 6) is 5.30. The van der Waals surface area contributed by atoms with Crippen LogP contribution in [0.2, 0.25) is 0 Å². The van der Waals surface area contributed by atoms with Crippen molar-refractivity contribution in [2.75, 3.05) is 19.7 Å². The van der Waals surface area contributed by atoms with Gasteiger partial charge in [0.05, 0.1) is 6.61 Å². The van der Waals surface area contributed by atoms with E-state index in [0.29, 0.717) is 12.6 Å². The van der Waals surface area contributed by atoms with Crippen LogP contribution in [0.3, 0.4) is 0 Å². The molecule has 1 rings (SSSR count). The van der Waals surface area contributed by atoms with Gasteiger partial charge in [-0.25, -0.2) is 4.79 Å². The lowest BCUT2D eigenvalue weighted by atomic mass is 10.1. The van der Waals surface area contributed by atoms with Crippen molar-refractivity contribution in [2.45, 2.75) is 25.8 Å². The summed E-state index contributed by atoms with van der Waals surface area (Å²) >= 11 is 0. The van der Waals surface area contributed by atoms with Gasteiger partial charge in [-0.1, -0.05) is 0 Å². The number of hydrogen-bond acceptors (Lipinski definition) is 4. The molecule has 13 heavy (non-hydrogen) atoms. The quantitative estimate of drug-likeness (QED) is 0.474. The molecule has 3 N–H and O–H groups in total. The highest BCUT2D eigenvalue weighted by Crippen LogP contribution is 2.10. The predicted molar refractivity (Wildman–Crippen MR) is 48.9 cm³/mol. The first kappa shape index (κ1) is 10.3. The van der Waals surface area contributed by atoms with Gasteiger partial charge in [-0.2, -0.15) is 0 Å².